The van der Waals surface area contributed by atoms with Gasteiger partial charge < -0.3 is 5.32 Å². The second-order valence-electron chi connectivity index (χ2n) is 8.78. The molecule has 2 aliphatic rings. The van der Waals surface area contributed by atoms with Gasteiger partial charge in [0.05, 0.1) is 23.4 Å². The van der Waals surface area contributed by atoms with Gasteiger partial charge in [-0.25, -0.2) is 14.7 Å². The van der Waals surface area contributed by atoms with Gasteiger partial charge in [-0.05, 0) is 44.1 Å². The number of benzene rings is 2. The summed E-state index contributed by atoms with van der Waals surface area (Å²) < 4.78 is 1.14. The number of likely N-dealkylation sites (tertiary alicyclic amines) is 1. The van der Waals surface area contributed by atoms with E-state index in [1.54, 1.807) is 11.3 Å². The summed E-state index contributed by atoms with van der Waals surface area (Å²) in [6.45, 7) is 3.09. The number of imide groups is 1. The zero-order valence-corrected chi connectivity index (χ0v) is 19.0. The summed E-state index contributed by atoms with van der Waals surface area (Å²) >= 11 is 1.64. The van der Waals surface area contributed by atoms with E-state index in [1.165, 1.54) is 10.5 Å². The molecule has 2 aromatic carbocycles. The second kappa shape index (κ2) is 8.61. The fourth-order valence-electron chi connectivity index (χ4n) is 4.71. The van der Waals surface area contributed by atoms with E-state index < -0.39 is 5.54 Å². The number of amides is 3. The van der Waals surface area contributed by atoms with E-state index in [4.69, 9.17) is 0 Å². The molecule has 32 heavy (non-hydrogen) atoms. The molecule has 1 unspecified atom stereocenters. The molecule has 2 saturated heterocycles. The zero-order valence-electron chi connectivity index (χ0n) is 18.2. The Balaban J connectivity index is 1.24. The van der Waals surface area contributed by atoms with Crippen molar-refractivity contribution in [1.29, 1.82) is 0 Å². The molecule has 5 rings (SSSR count). The molecule has 0 radical (unpaired) electrons. The zero-order chi connectivity index (χ0) is 22.1. The van der Waals surface area contributed by atoms with Gasteiger partial charge in [-0.1, -0.05) is 42.5 Å². The van der Waals surface area contributed by atoms with E-state index in [1.807, 2.05) is 48.3 Å². The van der Waals surface area contributed by atoms with Gasteiger partial charge in [0.25, 0.3) is 5.91 Å². The highest BCUT2D eigenvalue weighted by molar-refractivity contribution is 7.18. The van der Waals surface area contributed by atoms with Crippen LogP contribution in [-0.4, -0.2) is 64.0 Å². The lowest BCUT2D eigenvalue weighted by Crippen LogP contribution is -2.58. The summed E-state index contributed by atoms with van der Waals surface area (Å²) in [6, 6.07) is 18.0. The Morgan fingerprint density at radius 2 is 1.91 bits per heavy atom. The lowest BCUT2D eigenvalue weighted by molar-refractivity contribution is -0.134. The lowest BCUT2D eigenvalue weighted by atomic mass is 9.88. The minimum atomic E-state index is -0.819. The number of carbonyl (C=O) groups is 2. The summed E-state index contributed by atoms with van der Waals surface area (Å²) in [7, 11) is 1.92. The number of aromatic nitrogens is 1. The van der Waals surface area contributed by atoms with Crippen molar-refractivity contribution in [1.82, 2.24) is 25.0 Å². The van der Waals surface area contributed by atoms with Crippen molar-refractivity contribution in [3.05, 3.63) is 65.2 Å². The number of hydrogen-bond acceptors (Lipinski definition) is 6. The van der Waals surface area contributed by atoms with Crippen LogP contribution in [0.4, 0.5) is 4.79 Å². The maximum absolute atomic E-state index is 13.4. The van der Waals surface area contributed by atoms with E-state index in [0.29, 0.717) is 19.5 Å². The summed E-state index contributed by atoms with van der Waals surface area (Å²) in [5, 5.41) is 4.01. The Kier molecular flexibility index (Phi) is 5.67. The molecule has 3 amide bonds. The van der Waals surface area contributed by atoms with Crippen LogP contribution < -0.4 is 5.32 Å². The third-order valence-corrected chi connectivity index (χ3v) is 7.21. The monoisotopic (exact) mass is 449 g/mol. The van der Waals surface area contributed by atoms with Crippen LogP contribution >= 0.6 is 11.3 Å². The van der Waals surface area contributed by atoms with Crippen LogP contribution in [-0.2, 0) is 17.9 Å². The Bertz CT molecular complexity index is 1100. The molecule has 0 saturated carbocycles. The molecular weight excluding hydrogens is 422 g/mol. The van der Waals surface area contributed by atoms with Crippen LogP contribution in [0.15, 0.2) is 54.6 Å². The van der Waals surface area contributed by atoms with Gasteiger partial charge in [-0.15, -0.1) is 11.3 Å². The van der Waals surface area contributed by atoms with E-state index in [9.17, 15) is 9.59 Å². The van der Waals surface area contributed by atoms with Crippen molar-refractivity contribution in [3.63, 3.8) is 0 Å². The Hall–Kier alpha value is -2.81. The standard InChI is InChI=1S/C24H27N5O2S/c1-27(15-21-25-19-10-5-6-11-20(19)32-21)17-29-22(30)24(26-23(29)31)12-7-13-28(16-24)14-18-8-3-2-4-9-18/h2-6,8-11H,7,12-17H2,1H3,(H,26,31). The average molecular weight is 450 g/mol. The molecule has 3 heterocycles. The molecule has 2 aliphatic heterocycles. The number of rotatable bonds is 6. The van der Waals surface area contributed by atoms with Crippen molar-refractivity contribution in [2.24, 2.45) is 0 Å². The van der Waals surface area contributed by atoms with Crippen LogP contribution in [0.2, 0.25) is 0 Å². The van der Waals surface area contributed by atoms with E-state index in [2.05, 4.69) is 33.4 Å². The number of fused-ring (bicyclic) bond motifs is 1. The second-order valence-corrected chi connectivity index (χ2v) is 9.89. The SMILES string of the molecule is CN(Cc1nc2ccccc2s1)CN1C(=O)NC2(CCCN(Cc3ccccc3)C2)C1=O. The molecule has 166 valence electrons. The highest BCUT2D eigenvalue weighted by Crippen LogP contribution is 2.30. The first-order valence-electron chi connectivity index (χ1n) is 11.0. The molecule has 2 fully saturated rings. The molecule has 0 bridgehead atoms. The van der Waals surface area contributed by atoms with Gasteiger partial charge in [-0.2, -0.15) is 0 Å². The maximum atomic E-state index is 13.4. The molecule has 3 aromatic rings. The average Bonchev–Trinajstić information content (AvgIpc) is 3.28. The van der Waals surface area contributed by atoms with Gasteiger partial charge >= 0.3 is 6.03 Å². The number of para-hydroxylation sites is 1. The molecular formula is C24H27N5O2S. The van der Waals surface area contributed by atoms with E-state index >= 15 is 0 Å². The molecule has 1 aromatic heterocycles. The van der Waals surface area contributed by atoms with Gasteiger partial charge in [0.15, 0.2) is 0 Å². The third kappa shape index (κ3) is 4.13. The van der Waals surface area contributed by atoms with Gasteiger partial charge in [0.2, 0.25) is 0 Å². The molecule has 1 N–H and O–H groups in total. The van der Waals surface area contributed by atoms with E-state index in [0.717, 1.165) is 34.7 Å². The molecule has 0 aliphatic carbocycles. The first-order valence-corrected chi connectivity index (χ1v) is 11.8. The summed E-state index contributed by atoms with van der Waals surface area (Å²) in [5.74, 6) is -0.114. The quantitative estimate of drug-likeness (QED) is 0.585. The van der Waals surface area contributed by atoms with Gasteiger partial charge in [0, 0.05) is 13.1 Å². The predicted molar refractivity (Wildman–Crippen MR) is 125 cm³/mol. The Labute approximate surface area is 191 Å². The Morgan fingerprint density at radius 1 is 1.12 bits per heavy atom. The number of urea groups is 1. The first-order chi connectivity index (χ1) is 15.5. The number of hydrogen-bond donors (Lipinski definition) is 1. The molecule has 1 spiro atoms. The molecule has 8 heteroatoms. The van der Waals surface area contributed by atoms with E-state index in [-0.39, 0.29) is 18.6 Å². The highest BCUT2D eigenvalue weighted by Gasteiger charge is 2.53. The maximum Gasteiger partial charge on any atom is 0.326 e. The van der Waals surface area contributed by atoms with Gasteiger partial charge in [-0.3, -0.25) is 14.6 Å². The molecule has 1 atom stereocenters. The number of carbonyl (C=O) groups excluding carboxylic acids is 2. The van der Waals surface area contributed by atoms with Crippen LogP contribution in [0.3, 0.4) is 0 Å². The summed E-state index contributed by atoms with van der Waals surface area (Å²) in [5.41, 5.74) is 1.38. The van der Waals surface area contributed by atoms with Crippen LogP contribution in [0.1, 0.15) is 23.4 Å². The number of nitrogens with one attached hydrogen (secondary N) is 1. The van der Waals surface area contributed by atoms with Crippen molar-refractivity contribution >= 4 is 33.5 Å². The summed E-state index contributed by atoms with van der Waals surface area (Å²) in [6.07, 6.45) is 1.56. The van der Waals surface area contributed by atoms with Crippen molar-refractivity contribution in [2.75, 3.05) is 26.8 Å². The minimum Gasteiger partial charge on any atom is -0.322 e. The third-order valence-electron chi connectivity index (χ3n) is 6.19. The van der Waals surface area contributed by atoms with Crippen LogP contribution in [0.25, 0.3) is 10.2 Å². The molecule has 7 nitrogen and oxygen atoms in total. The smallest absolute Gasteiger partial charge is 0.322 e. The lowest BCUT2D eigenvalue weighted by Gasteiger charge is -2.38. The van der Waals surface area contributed by atoms with Gasteiger partial charge in [0.1, 0.15) is 10.5 Å². The summed E-state index contributed by atoms with van der Waals surface area (Å²) in [4.78, 5) is 36.4. The normalized spacial score (nSPS) is 21.8. The highest BCUT2D eigenvalue weighted by atomic mass is 32.1. The fourth-order valence-corrected chi connectivity index (χ4v) is 5.76. The topological polar surface area (TPSA) is 68.8 Å². The predicted octanol–water partition coefficient (Wildman–Crippen LogP) is 3.27. The minimum absolute atomic E-state index is 0.114. The largest absolute Gasteiger partial charge is 0.326 e. The number of thiazole rings is 1. The fraction of sp³-hybridized carbons (Fsp3) is 0.375. The number of piperidine rings is 1. The van der Waals surface area contributed by atoms with Crippen molar-refractivity contribution < 1.29 is 9.59 Å². The van der Waals surface area contributed by atoms with Crippen LogP contribution in [0.5, 0.6) is 0 Å². The van der Waals surface area contributed by atoms with Crippen LogP contribution in [0, 0.1) is 0 Å². The van der Waals surface area contributed by atoms with Crippen molar-refractivity contribution in [3.8, 4) is 0 Å². The van der Waals surface area contributed by atoms with Crippen molar-refractivity contribution in [2.45, 2.75) is 31.5 Å². The number of nitrogens with zero attached hydrogens (tertiary/aromatic N) is 4. The first kappa shape index (κ1) is 21.1. The Morgan fingerprint density at radius 3 is 2.72 bits per heavy atom.